The summed E-state index contributed by atoms with van der Waals surface area (Å²) in [5, 5.41) is 3.17. The van der Waals surface area contributed by atoms with Crippen LogP contribution in [0.3, 0.4) is 0 Å². The van der Waals surface area contributed by atoms with Gasteiger partial charge in [-0.05, 0) is 75.3 Å². The van der Waals surface area contributed by atoms with Crippen LogP contribution in [0.1, 0.15) is 74.1 Å². The molecule has 1 atom stereocenters. The van der Waals surface area contributed by atoms with Crippen LogP contribution in [0.2, 0.25) is 0 Å². The van der Waals surface area contributed by atoms with Gasteiger partial charge in [-0.15, -0.1) is 0 Å². The molecule has 1 N–H and O–H groups in total. The third-order valence-corrected chi connectivity index (χ3v) is 8.69. The highest BCUT2D eigenvalue weighted by atomic mass is 32.2. The Balaban J connectivity index is 1.76. The van der Waals surface area contributed by atoms with Crippen LogP contribution in [0.25, 0.3) is 0 Å². The summed E-state index contributed by atoms with van der Waals surface area (Å²) in [5.74, 6) is -0.250. The Kier molecular flexibility index (Phi) is 10.4. The lowest BCUT2D eigenvalue weighted by atomic mass is 10.1. The number of anilines is 1. The standard InChI is InChI=1S/C30H43N3O4S/c1-6-28(30(35)31-26-10-7-8-11-26)32(21-25-16-13-22(2)14-17-25)29(34)12-9-19-33(38(5,36)37)27-18-15-23(3)24(4)20-27/h13-18,20,26,28H,6-12,19,21H2,1-5H3,(H,31,35)/t28-/m1/s1. The number of carbonyl (C=O) groups is 2. The van der Waals surface area contributed by atoms with E-state index >= 15 is 0 Å². The first kappa shape index (κ1) is 29.7. The van der Waals surface area contributed by atoms with Gasteiger partial charge in [-0.3, -0.25) is 13.9 Å². The average Bonchev–Trinajstić information content (AvgIpc) is 3.37. The molecule has 0 aliphatic heterocycles. The highest BCUT2D eigenvalue weighted by Gasteiger charge is 2.30. The van der Waals surface area contributed by atoms with Gasteiger partial charge in [-0.25, -0.2) is 8.42 Å². The van der Waals surface area contributed by atoms with E-state index in [0.29, 0.717) is 25.1 Å². The minimum Gasteiger partial charge on any atom is -0.352 e. The van der Waals surface area contributed by atoms with Crippen molar-refractivity contribution in [3.05, 3.63) is 64.7 Å². The summed E-state index contributed by atoms with van der Waals surface area (Å²) < 4.78 is 26.5. The fraction of sp³-hybridized carbons (Fsp3) is 0.533. The molecule has 0 spiro atoms. The monoisotopic (exact) mass is 541 g/mol. The Morgan fingerprint density at radius 1 is 1.00 bits per heavy atom. The van der Waals surface area contributed by atoms with Crippen LogP contribution in [-0.4, -0.2) is 50.0 Å². The van der Waals surface area contributed by atoms with E-state index < -0.39 is 16.1 Å². The molecule has 0 bridgehead atoms. The smallest absolute Gasteiger partial charge is 0.243 e. The largest absolute Gasteiger partial charge is 0.352 e. The number of carbonyl (C=O) groups excluding carboxylic acids is 2. The van der Waals surface area contributed by atoms with Crippen LogP contribution in [-0.2, 0) is 26.2 Å². The Hall–Kier alpha value is -2.87. The van der Waals surface area contributed by atoms with Crippen molar-refractivity contribution >= 4 is 27.5 Å². The second-order valence-corrected chi connectivity index (χ2v) is 12.5. The second-order valence-electron chi connectivity index (χ2n) is 10.6. The van der Waals surface area contributed by atoms with E-state index in [9.17, 15) is 18.0 Å². The SMILES string of the molecule is CC[C@H](C(=O)NC1CCCC1)N(Cc1ccc(C)cc1)C(=O)CCCN(c1ccc(C)c(C)c1)S(C)(=O)=O. The number of benzene rings is 2. The van der Waals surface area contributed by atoms with Crippen molar-refractivity contribution in [1.29, 1.82) is 0 Å². The summed E-state index contributed by atoms with van der Waals surface area (Å²) in [6.45, 7) is 8.41. The fourth-order valence-electron chi connectivity index (χ4n) is 5.06. The topological polar surface area (TPSA) is 86.8 Å². The van der Waals surface area contributed by atoms with Crippen LogP contribution in [0.5, 0.6) is 0 Å². The summed E-state index contributed by atoms with van der Waals surface area (Å²) in [6, 6.07) is 13.2. The van der Waals surface area contributed by atoms with Gasteiger partial charge in [0.05, 0.1) is 11.9 Å². The van der Waals surface area contributed by atoms with E-state index in [2.05, 4.69) is 5.32 Å². The average molecular weight is 542 g/mol. The zero-order valence-electron chi connectivity index (χ0n) is 23.5. The Bertz CT molecular complexity index is 1200. The molecule has 0 radical (unpaired) electrons. The maximum Gasteiger partial charge on any atom is 0.243 e. The molecule has 2 amide bonds. The molecule has 1 aliphatic rings. The summed E-state index contributed by atoms with van der Waals surface area (Å²) in [7, 11) is -3.52. The minimum absolute atomic E-state index is 0.104. The maximum atomic E-state index is 13.6. The van der Waals surface area contributed by atoms with Gasteiger partial charge in [0.2, 0.25) is 21.8 Å². The lowest BCUT2D eigenvalue weighted by molar-refractivity contribution is -0.141. The minimum atomic E-state index is -3.52. The molecule has 1 saturated carbocycles. The van der Waals surface area contributed by atoms with Gasteiger partial charge in [0.1, 0.15) is 6.04 Å². The number of sulfonamides is 1. The van der Waals surface area contributed by atoms with Gasteiger partial charge < -0.3 is 10.2 Å². The number of nitrogens with one attached hydrogen (secondary N) is 1. The third kappa shape index (κ3) is 8.06. The van der Waals surface area contributed by atoms with E-state index in [1.165, 1.54) is 10.6 Å². The van der Waals surface area contributed by atoms with Crippen LogP contribution in [0.15, 0.2) is 42.5 Å². The highest BCUT2D eigenvalue weighted by molar-refractivity contribution is 7.92. The lowest BCUT2D eigenvalue weighted by Gasteiger charge is -2.32. The fourth-order valence-corrected chi connectivity index (χ4v) is 6.02. The third-order valence-electron chi connectivity index (χ3n) is 7.49. The summed E-state index contributed by atoms with van der Waals surface area (Å²) in [6.07, 6.45) is 6.39. The molecule has 7 nitrogen and oxygen atoms in total. The van der Waals surface area contributed by atoms with Crippen LogP contribution >= 0.6 is 0 Å². The number of aryl methyl sites for hydroxylation is 3. The predicted octanol–water partition coefficient (Wildman–Crippen LogP) is 5.02. The lowest BCUT2D eigenvalue weighted by Crippen LogP contribution is -2.51. The molecule has 0 aromatic heterocycles. The van der Waals surface area contributed by atoms with Crippen LogP contribution < -0.4 is 9.62 Å². The number of hydrogen-bond acceptors (Lipinski definition) is 4. The molecule has 1 fully saturated rings. The predicted molar refractivity (Wildman–Crippen MR) is 154 cm³/mol. The summed E-state index contributed by atoms with van der Waals surface area (Å²) in [5.41, 5.74) is 4.79. The van der Waals surface area contributed by atoms with E-state index in [0.717, 1.165) is 47.9 Å². The Morgan fingerprint density at radius 2 is 1.66 bits per heavy atom. The van der Waals surface area contributed by atoms with Gasteiger partial charge in [0.25, 0.3) is 0 Å². The maximum absolute atomic E-state index is 13.6. The molecule has 38 heavy (non-hydrogen) atoms. The number of nitrogens with zero attached hydrogens (tertiary/aromatic N) is 2. The van der Waals surface area contributed by atoms with Crippen LogP contribution in [0.4, 0.5) is 5.69 Å². The molecule has 0 unspecified atom stereocenters. The first-order chi connectivity index (χ1) is 18.0. The van der Waals surface area contributed by atoms with E-state index in [1.54, 1.807) is 11.0 Å². The zero-order chi connectivity index (χ0) is 27.9. The first-order valence-electron chi connectivity index (χ1n) is 13.7. The molecule has 0 heterocycles. The molecule has 3 rings (SSSR count). The van der Waals surface area contributed by atoms with Gasteiger partial charge in [0.15, 0.2) is 0 Å². The first-order valence-corrected chi connectivity index (χ1v) is 15.5. The van der Waals surface area contributed by atoms with E-state index in [-0.39, 0.29) is 30.8 Å². The van der Waals surface area contributed by atoms with Crippen LogP contribution in [0, 0.1) is 20.8 Å². The van der Waals surface area contributed by atoms with Gasteiger partial charge in [-0.2, -0.15) is 0 Å². The van der Waals surface area contributed by atoms with Crippen molar-refractivity contribution in [1.82, 2.24) is 10.2 Å². The van der Waals surface area contributed by atoms with Crippen molar-refractivity contribution in [2.75, 3.05) is 17.1 Å². The van der Waals surface area contributed by atoms with Crippen molar-refractivity contribution in [3.8, 4) is 0 Å². The van der Waals surface area contributed by atoms with Crippen molar-refractivity contribution in [2.45, 2.75) is 91.3 Å². The Morgan fingerprint density at radius 3 is 2.24 bits per heavy atom. The van der Waals surface area contributed by atoms with Crippen molar-refractivity contribution in [2.24, 2.45) is 0 Å². The molecule has 2 aromatic carbocycles. The highest BCUT2D eigenvalue weighted by Crippen LogP contribution is 2.23. The molecular formula is C30H43N3O4S. The number of hydrogen-bond donors (Lipinski definition) is 1. The molecular weight excluding hydrogens is 498 g/mol. The summed E-state index contributed by atoms with van der Waals surface area (Å²) in [4.78, 5) is 28.6. The summed E-state index contributed by atoms with van der Waals surface area (Å²) >= 11 is 0. The zero-order valence-corrected chi connectivity index (χ0v) is 24.3. The molecule has 2 aromatic rings. The molecule has 8 heteroatoms. The van der Waals surface area contributed by atoms with E-state index in [4.69, 9.17) is 0 Å². The van der Waals surface area contributed by atoms with Gasteiger partial charge in [-0.1, -0.05) is 55.7 Å². The number of amides is 2. The van der Waals surface area contributed by atoms with Crippen molar-refractivity contribution in [3.63, 3.8) is 0 Å². The molecule has 0 saturated heterocycles. The van der Waals surface area contributed by atoms with E-state index in [1.807, 2.05) is 64.1 Å². The normalized spacial score (nSPS) is 14.8. The second kappa shape index (κ2) is 13.3. The quantitative estimate of drug-likeness (QED) is 0.409. The van der Waals surface area contributed by atoms with Gasteiger partial charge in [0, 0.05) is 25.6 Å². The van der Waals surface area contributed by atoms with Gasteiger partial charge >= 0.3 is 0 Å². The number of rotatable bonds is 12. The molecule has 208 valence electrons. The van der Waals surface area contributed by atoms with Crippen molar-refractivity contribution < 1.29 is 18.0 Å². The Labute approximate surface area is 228 Å². The molecule has 1 aliphatic carbocycles.